The lowest BCUT2D eigenvalue weighted by molar-refractivity contribution is 0.213. The molecule has 0 heterocycles. The number of nitrogens with one attached hydrogen (secondary N) is 1. The van der Waals surface area contributed by atoms with E-state index >= 15 is 0 Å². The number of oxime groups is 1. The van der Waals surface area contributed by atoms with Gasteiger partial charge in [-0.2, -0.15) is 0 Å². The molecule has 1 rings (SSSR count). The van der Waals surface area contributed by atoms with Crippen molar-refractivity contribution >= 4 is 5.71 Å². The van der Waals surface area contributed by atoms with Gasteiger partial charge in [-0.05, 0) is 30.7 Å². The molecule has 3 nitrogen and oxygen atoms in total. The van der Waals surface area contributed by atoms with E-state index in [-0.39, 0.29) is 5.82 Å². The summed E-state index contributed by atoms with van der Waals surface area (Å²) in [5.74, 6) is -0.237. The van der Waals surface area contributed by atoms with Crippen LogP contribution in [0.5, 0.6) is 0 Å². The molecule has 0 radical (unpaired) electrons. The van der Waals surface area contributed by atoms with E-state index in [0.29, 0.717) is 0 Å². The highest BCUT2D eigenvalue weighted by Crippen LogP contribution is 2.07. The molecule has 0 amide bonds. The minimum atomic E-state index is -0.237. The van der Waals surface area contributed by atoms with Gasteiger partial charge in [-0.15, -0.1) is 0 Å². The predicted octanol–water partition coefficient (Wildman–Crippen LogP) is 3.74. The van der Waals surface area contributed by atoms with Gasteiger partial charge < -0.3 is 10.2 Å². The zero-order chi connectivity index (χ0) is 14.6. The van der Waals surface area contributed by atoms with Gasteiger partial charge in [0.05, 0.1) is 5.71 Å². The molecular formula is C16H25FN2O. The first-order chi connectivity index (χ1) is 9.77. The van der Waals surface area contributed by atoms with E-state index in [1.165, 1.54) is 44.9 Å². The highest BCUT2D eigenvalue weighted by molar-refractivity contribution is 6.00. The van der Waals surface area contributed by atoms with Gasteiger partial charge in [0.25, 0.3) is 0 Å². The van der Waals surface area contributed by atoms with Crippen LogP contribution in [-0.4, -0.2) is 25.9 Å². The Kier molecular flexibility index (Phi) is 8.63. The number of benzene rings is 1. The van der Waals surface area contributed by atoms with Crippen molar-refractivity contribution in [2.24, 2.45) is 5.16 Å². The second-order valence-corrected chi connectivity index (χ2v) is 4.79. The summed E-state index contributed by atoms with van der Waals surface area (Å²) in [5.41, 5.74) is 1.74. The Balaban J connectivity index is 2.33. The average Bonchev–Trinajstić information content (AvgIpc) is 2.46. The predicted molar refractivity (Wildman–Crippen MR) is 81.6 cm³/mol. The summed E-state index contributed by atoms with van der Waals surface area (Å²) in [6, 6.07) is 6.35. The second kappa shape index (κ2) is 10.4. The fourth-order valence-electron chi connectivity index (χ4n) is 2.00. The third kappa shape index (κ3) is 6.66. The van der Waals surface area contributed by atoms with E-state index < -0.39 is 0 Å². The third-order valence-electron chi connectivity index (χ3n) is 3.12. The zero-order valence-electron chi connectivity index (χ0n) is 12.5. The monoisotopic (exact) mass is 280 g/mol. The van der Waals surface area contributed by atoms with Gasteiger partial charge in [0.15, 0.2) is 0 Å². The molecule has 0 aliphatic heterocycles. The number of rotatable bonds is 10. The van der Waals surface area contributed by atoms with Crippen LogP contribution in [0, 0.1) is 5.82 Å². The largest absolute Gasteiger partial charge is 0.399 e. The van der Waals surface area contributed by atoms with Crippen LogP contribution in [0.2, 0.25) is 0 Å². The Morgan fingerprint density at radius 3 is 2.55 bits per heavy atom. The Bertz CT molecular complexity index is 390. The summed E-state index contributed by atoms with van der Waals surface area (Å²) in [6.07, 6.45) is 5.82. The lowest BCUT2D eigenvalue weighted by Crippen LogP contribution is -2.20. The summed E-state index contributed by atoms with van der Waals surface area (Å²) in [4.78, 5) is 4.87. The van der Waals surface area contributed by atoms with Crippen molar-refractivity contribution in [2.45, 2.75) is 39.0 Å². The van der Waals surface area contributed by atoms with Crippen molar-refractivity contribution in [3.8, 4) is 0 Å². The van der Waals surface area contributed by atoms with E-state index in [0.717, 1.165) is 30.8 Å². The molecule has 0 spiro atoms. The van der Waals surface area contributed by atoms with E-state index in [9.17, 15) is 4.39 Å². The van der Waals surface area contributed by atoms with Crippen molar-refractivity contribution in [3.63, 3.8) is 0 Å². The maximum Gasteiger partial charge on any atom is 0.123 e. The topological polar surface area (TPSA) is 33.6 Å². The summed E-state index contributed by atoms with van der Waals surface area (Å²) < 4.78 is 12.9. The molecule has 0 saturated heterocycles. The lowest BCUT2D eigenvalue weighted by Gasteiger charge is -2.07. The molecule has 0 bridgehead atoms. The molecule has 4 heteroatoms. The van der Waals surface area contributed by atoms with Crippen molar-refractivity contribution in [1.29, 1.82) is 0 Å². The molecule has 1 aromatic rings. The van der Waals surface area contributed by atoms with Gasteiger partial charge in [-0.1, -0.05) is 43.5 Å². The van der Waals surface area contributed by atoms with Gasteiger partial charge in [0.1, 0.15) is 12.9 Å². The molecule has 20 heavy (non-hydrogen) atoms. The molecule has 1 N–H and O–H groups in total. The molecule has 0 fully saturated rings. The van der Waals surface area contributed by atoms with E-state index in [1.807, 2.05) is 0 Å². The zero-order valence-corrected chi connectivity index (χ0v) is 12.5. The maximum absolute atomic E-state index is 12.9. The molecule has 0 aliphatic carbocycles. The highest BCUT2D eigenvalue weighted by atomic mass is 19.1. The quantitative estimate of drug-likeness (QED) is 0.402. The minimum absolute atomic E-state index is 0.237. The smallest absolute Gasteiger partial charge is 0.123 e. The van der Waals surface area contributed by atoms with Crippen LogP contribution < -0.4 is 5.32 Å². The number of hydrogen-bond acceptors (Lipinski definition) is 3. The third-order valence-corrected chi connectivity index (χ3v) is 3.12. The maximum atomic E-state index is 12.9. The summed E-state index contributed by atoms with van der Waals surface area (Å²) in [7, 11) is 1.53. The number of unbranched alkanes of at least 4 members (excludes halogenated alkanes) is 3. The van der Waals surface area contributed by atoms with Crippen LogP contribution in [0.25, 0.3) is 0 Å². The normalized spacial score (nSPS) is 11.7. The standard InChI is InChI=1S/C16H25FN2O/c1-3-4-5-6-12-18-13-11-16(19-20-2)14-7-9-15(17)10-8-14/h7-10,18H,3-6,11-13H2,1-2H3/b19-16-. The van der Waals surface area contributed by atoms with Gasteiger partial charge >= 0.3 is 0 Å². The molecular weight excluding hydrogens is 255 g/mol. The fourth-order valence-corrected chi connectivity index (χ4v) is 2.00. The molecule has 112 valence electrons. The Morgan fingerprint density at radius 1 is 1.15 bits per heavy atom. The van der Waals surface area contributed by atoms with E-state index in [2.05, 4.69) is 17.4 Å². The first kappa shape index (κ1) is 16.6. The molecule has 1 aromatic carbocycles. The molecule has 0 atom stereocenters. The summed E-state index contributed by atoms with van der Waals surface area (Å²) in [5, 5.41) is 7.43. The van der Waals surface area contributed by atoms with E-state index in [1.54, 1.807) is 12.1 Å². The molecule has 0 aliphatic rings. The SMILES string of the molecule is CCCCCCNCC/C(=N/OC)c1ccc(F)cc1. The van der Waals surface area contributed by atoms with Crippen LogP contribution in [0.15, 0.2) is 29.4 Å². The van der Waals surface area contributed by atoms with Crippen molar-refractivity contribution in [1.82, 2.24) is 5.32 Å². The minimum Gasteiger partial charge on any atom is -0.399 e. The average molecular weight is 280 g/mol. The molecule has 0 unspecified atom stereocenters. The molecule has 0 aromatic heterocycles. The van der Waals surface area contributed by atoms with Gasteiger partial charge in [0.2, 0.25) is 0 Å². The first-order valence-corrected chi connectivity index (χ1v) is 7.34. The van der Waals surface area contributed by atoms with Crippen LogP contribution >= 0.6 is 0 Å². The van der Waals surface area contributed by atoms with Crippen LogP contribution in [0.4, 0.5) is 4.39 Å². The van der Waals surface area contributed by atoms with Crippen molar-refractivity contribution < 1.29 is 9.23 Å². The van der Waals surface area contributed by atoms with E-state index in [4.69, 9.17) is 4.84 Å². The Morgan fingerprint density at radius 2 is 1.90 bits per heavy atom. The Labute approximate surface area is 121 Å². The fraction of sp³-hybridized carbons (Fsp3) is 0.562. The van der Waals surface area contributed by atoms with Crippen LogP contribution in [0.3, 0.4) is 0 Å². The van der Waals surface area contributed by atoms with Crippen molar-refractivity contribution in [2.75, 3.05) is 20.2 Å². The summed E-state index contributed by atoms with van der Waals surface area (Å²) in [6.45, 7) is 4.10. The molecule has 0 saturated carbocycles. The van der Waals surface area contributed by atoms with Gasteiger partial charge in [-0.3, -0.25) is 0 Å². The number of nitrogens with zero attached hydrogens (tertiary/aromatic N) is 1. The van der Waals surface area contributed by atoms with Crippen LogP contribution in [-0.2, 0) is 4.84 Å². The van der Waals surface area contributed by atoms with Gasteiger partial charge in [0, 0.05) is 13.0 Å². The number of halogens is 1. The number of hydrogen-bond donors (Lipinski definition) is 1. The van der Waals surface area contributed by atoms with Crippen molar-refractivity contribution in [3.05, 3.63) is 35.6 Å². The lowest BCUT2D eigenvalue weighted by atomic mass is 10.1. The van der Waals surface area contributed by atoms with Gasteiger partial charge in [-0.25, -0.2) is 4.39 Å². The highest BCUT2D eigenvalue weighted by Gasteiger charge is 2.04. The first-order valence-electron chi connectivity index (χ1n) is 7.34. The summed E-state index contributed by atoms with van der Waals surface area (Å²) >= 11 is 0. The van der Waals surface area contributed by atoms with Crippen LogP contribution in [0.1, 0.15) is 44.6 Å². The Hall–Kier alpha value is -1.42. The second-order valence-electron chi connectivity index (χ2n) is 4.79.